The third-order valence-corrected chi connectivity index (χ3v) is 4.05. The van der Waals surface area contributed by atoms with Crippen molar-refractivity contribution in [3.8, 4) is 0 Å². The number of hydrogen-bond acceptors (Lipinski definition) is 8. The zero-order chi connectivity index (χ0) is 19.9. The van der Waals surface area contributed by atoms with Gasteiger partial charge in [0, 0.05) is 37.2 Å². The van der Waals surface area contributed by atoms with Crippen LogP contribution in [0.5, 0.6) is 0 Å². The van der Waals surface area contributed by atoms with Crippen LogP contribution < -0.4 is 16.0 Å². The Morgan fingerprint density at radius 2 is 1.69 bits per heavy atom. The SMILES string of the molecule is O=C(NCCNc1ccc(Nc2cccnc2)nn1)c1ccc2nccnc2c1. The van der Waals surface area contributed by atoms with Crippen molar-refractivity contribution >= 4 is 34.3 Å². The van der Waals surface area contributed by atoms with Gasteiger partial charge in [0.2, 0.25) is 0 Å². The number of pyridine rings is 1. The Hall–Kier alpha value is -4.14. The number of hydrogen-bond donors (Lipinski definition) is 3. The van der Waals surface area contributed by atoms with Gasteiger partial charge >= 0.3 is 0 Å². The third kappa shape index (κ3) is 4.78. The molecule has 0 aliphatic heterocycles. The van der Waals surface area contributed by atoms with E-state index in [1.807, 2.05) is 24.3 Å². The molecule has 0 saturated heterocycles. The zero-order valence-corrected chi connectivity index (χ0v) is 15.4. The van der Waals surface area contributed by atoms with Crippen molar-refractivity contribution < 1.29 is 4.79 Å². The summed E-state index contributed by atoms with van der Waals surface area (Å²) in [7, 11) is 0. The van der Waals surface area contributed by atoms with E-state index in [0.29, 0.717) is 35.8 Å². The number of aromatic nitrogens is 5. The van der Waals surface area contributed by atoms with Crippen LogP contribution in [-0.4, -0.2) is 44.1 Å². The maximum atomic E-state index is 12.3. The molecule has 3 N–H and O–H groups in total. The number of nitrogens with one attached hydrogen (secondary N) is 3. The Labute approximate surface area is 166 Å². The number of nitrogens with zero attached hydrogens (tertiary/aromatic N) is 5. The number of amides is 1. The Bertz CT molecular complexity index is 1100. The first-order chi connectivity index (χ1) is 14.3. The maximum absolute atomic E-state index is 12.3. The van der Waals surface area contributed by atoms with Crippen LogP contribution in [-0.2, 0) is 0 Å². The zero-order valence-electron chi connectivity index (χ0n) is 15.4. The van der Waals surface area contributed by atoms with Crippen LogP contribution in [0.3, 0.4) is 0 Å². The van der Waals surface area contributed by atoms with Gasteiger partial charge in [-0.2, -0.15) is 0 Å². The number of carbonyl (C=O) groups excluding carboxylic acids is 1. The highest BCUT2D eigenvalue weighted by atomic mass is 16.1. The molecule has 144 valence electrons. The molecular weight excluding hydrogens is 368 g/mol. The van der Waals surface area contributed by atoms with E-state index in [1.165, 1.54) is 0 Å². The van der Waals surface area contributed by atoms with E-state index in [-0.39, 0.29) is 5.91 Å². The second kappa shape index (κ2) is 8.70. The number of carbonyl (C=O) groups is 1. The first kappa shape index (κ1) is 18.2. The third-order valence-electron chi connectivity index (χ3n) is 4.05. The van der Waals surface area contributed by atoms with E-state index in [4.69, 9.17) is 0 Å². The molecule has 0 aliphatic carbocycles. The van der Waals surface area contributed by atoms with Gasteiger partial charge in [0.25, 0.3) is 5.91 Å². The van der Waals surface area contributed by atoms with Crippen LogP contribution in [0.2, 0.25) is 0 Å². The highest BCUT2D eigenvalue weighted by Crippen LogP contribution is 2.13. The number of rotatable bonds is 7. The minimum absolute atomic E-state index is 0.165. The fraction of sp³-hybridized carbons (Fsp3) is 0.100. The Balaban J connectivity index is 1.25. The first-order valence-electron chi connectivity index (χ1n) is 9.01. The van der Waals surface area contributed by atoms with E-state index in [9.17, 15) is 4.79 Å². The van der Waals surface area contributed by atoms with Gasteiger partial charge in [0.1, 0.15) is 5.82 Å². The fourth-order valence-electron chi connectivity index (χ4n) is 2.65. The van der Waals surface area contributed by atoms with Crippen molar-refractivity contribution in [3.63, 3.8) is 0 Å². The van der Waals surface area contributed by atoms with Crippen molar-refractivity contribution in [2.75, 3.05) is 23.7 Å². The molecule has 29 heavy (non-hydrogen) atoms. The highest BCUT2D eigenvalue weighted by Gasteiger charge is 2.07. The normalized spacial score (nSPS) is 10.5. The summed E-state index contributed by atoms with van der Waals surface area (Å²) in [6.07, 6.45) is 6.64. The lowest BCUT2D eigenvalue weighted by Crippen LogP contribution is -2.28. The molecule has 3 heterocycles. The lowest BCUT2D eigenvalue weighted by atomic mass is 10.2. The molecule has 0 atom stereocenters. The minimum atomic E-state index is -0.165. The van der Waals surface area contributed by atoms with Crippen LogP contribution in [0, 0.1) is 0 Å². The quantitative estimate of drug-likeness (QED) is 0.415. The van der Waals surface area contributed by atoms with Crippen LogP contribution in [0.1, 0.15) is 10.4 Å². The molecule has 1 amide bonds. The van der Waals surface area contributed by atoms with E-state index < -0.39 is 0 Å². The molecular formula is C20H18N8O. The van der Waals surface area contributed by atoms with Gasteiger partial charge in [-0.3, -0.25) is 19.7 Å². The molecule has 1 aromatic carbocycles. The monoisotopic (exact) mass is 386 g/mol. The van der Waals surface area contributed by atoms with Crippen molar-refractivity contribution in [2.45, 2.75) is 0 Å². The van der Waals surface area contributed by atoms with E-state index >= 15 is 0 Å². The predicted molar refractivity (Wildman–Crippen MR) is 110 cm³/mol. The minimum Gasteiger partial charge on any atom is -0.367 e. The summed E-state index contributed by atoms with van der Waals surface area (Å²) >= 11 is 0. The summed E-state index contributed by atoms with van der Waals surface area (Å²) in [4.78, 5) is 24.7. The van der Waals surface area contributed by atoms with Gasteiger partial charge in [-0.05, 0) is 42.5 Å². The predicted octanol–water partition coefficient (Wildman–Crippen LogP) is 2.40. The van der Waals surface area contributed by atoms with Crippen molar-refractivity contribution in [1.29, 1.82) is 0 Å². The van der Waals surface area contributed by atoms with Gasteiger partial charge in [0.15, 0.2) is 5.82 Å². The topological polar surface area (TPSA) is 118 Å². The second-order valence-corrected chi connectivity index (χ2v) is 6.11. The smallest absolute Gasteiger partial charge is 0.251 e. The number of fused-ring (bicyclic) bond motifs is 1. The molecule has 9 nitrogen and oxygen atoms in total. The van der Waals surface area contributed by atoms with E-state index in [1.54, 1.807) is 43.0 Å². The van der Waals surface area contributed by atoms with Crippen LogP contribution in [0.15, 0.2) is 67.3 Å². The summed E-state index contributed by atoms with van der Waals surface area (Å²) in [5.41, 5.74) is 2.83. The molecule has 9 heteroatoms. The number of anilines is 3. The van der Waals surface area contributed by atoms with Crippen molar-refractivity contribution in [1.82, 2.24) is 30.5 Å². The van der Waals surface area contributed by atoms with Gasteiger partial charge in [-0.25, -0.2) is 0 Å². The van der Waals surface area contributed by atoms with Crippen LogP contribution in [0.25, 0.3) is 11.0 Å². The molecule has 4 rings (SSSR count). The molecule has 0 unspecified atom stereocenters. The fourth-order valence-corrected chi connectivity index (χ4v) is 2.65. The average molecular weight is 386 g/mol. The van der Waals surface area contributed by atoms with Gasteiger partial charge in [-0.15, -0.1) is 10.2 Å². The van der Waals surface area contributed by atoms with Crippen molar-refractivity contribution in [2.24, 2.45) is 0 Å². The average Bonchev–Trinajstić information content (AvgIpc) is 2.78. The van der Waals surface area contributed by atoms with Gasteiger partial charge < -0.3 is 16.0 Å². The molecule has 0 aliphatic rings. The molecule has 0 bridgehead atoms. The second-order valence-electron chi connectivity index (χ2n) is 6.11. The van der Waals surface area contributed by atoms with Crippen molar-refractivity contribution in [3.05, 3.63) is 72.8 Å². The Morgan fingerprint density at radius 1 is 0.862 bits per heavy atom. The largest absolute Gasteiger partial charge is 0.367 e. The number of benzene rings is 1. The molecule has 0 radical (unpaired) electrons. The van der Waals surface area contributed by atoms with Gasteiger partial charge in [-0.1, -0.05) is 0 Å². The summed E-state index contributed by atoms with van der Waals surface area (Å²) in [6.45, 7) is 0.956. The highest BCUT2D eigenvalue weighted by molar-refractivity contribution is 5.97. The lowest BCUT2D eigenvalue weighted by Gasteiger charge is -2.08. The van der Waals surface area contributed by atoms with Crippen LogP contribution >= 0.6 is 0 Å². The Kier molecular flexibility index (Phi) is 5.47. The molecule has 0 fully saturated rings. The summed E-state index contributed by atoms with van der Waals surface area (Å²) in [6, 6.07) is 12.6. The van der Waals surface area contributed by atoms with Gasteiger partial charge in [0.05, 0.1) is 22.9 Å². The summed E-state index contributed by atoms with van der Waals surface area (Å²) in [5, 5.41) is 17.3. The lowest BCUT2D eigenvalue weighted by molar-refractivity contribution is 0.0955. The van der Waals surface area contributed by atoms with Crippen LogP contribution in [0.4, 0.5) is 17.3 Å². The van der Waals surface area contributed by atoms with E-state index in [2.05, 4.69) is 41.1 Å². The van der Waals surface area contributed by atoms with E-state index in [0.717, 1.165) is 11.2 Å². The standard InChI is InChI=1S/C20H18N8O/c29-20(14-3-4-16-17(12-14)23-9-8-22-16)25-11-10-24-18-5-6-19(28-27-18)26-15-2-1-7-21-13-15/h1-9,12-13H,10-11H2,(H,24,27)(H,25,29)(H,26,28). The summed E-state index contributed by atoms with van der Waals surface area (Å²) < 4.78 is 0. The molecule has 3 aromatic heterocycles. The molecule has 4 aromatic rings. The molecule has 0 saturated carbocycles. The first-order valence-corrected chi connectivity index (χ1v) is 9.01. The Morgan fingerprint density at radius 3 is 2.48 bits per heavy atom. The molecule has 0 spiro atoms. The maximum Gasteiger partial charge on any atom is 0.251 e. The summed E-state index contributed by atoms with van der Waals surface area (Å²) in [5.74, 6) is 1.08.